The lowest BCUT2D eigenvalue weighted by Gasteiger charge is -2.05. The topological polar surface area (TPSA) is 30.2 Å². The molecular formula is C14H16FN3S2. The van der Waals surface area contributed by atoms with Crippen LogP contribution in [0.2, 0.25) is 0 Å². The number of hydrogen-bond acceptors (Lipinski definition) is 4. The summed E-state index contributed by atoms with van der Waals surface area (Å²) in [6.07, 6.45) is 0. The molecule has 0 saturated heterocycles. The molecule has 0 aliphatic carbocycles. The molecule has 0 bridgehead atoms. The van der Waals surface area contributed by atoms with E-state index in [1.807, 2.05) is 6.07 Å². The van der Waals surface area contributed by atoms with Crippen LogP contribution in [0.15, 0.2) is 23.2 Å². The van der Waals surface area contributed by atoms with Gasteiger partial charge in [0.25, 0.3) is 0 Å². The summed E-state index contributed by atoms with van der Waals surface area (Å²) >= 11 is 3.49. The molecular weight excluding hydrogens is 293 g/mol. The van der Waals surface area contributed by atoms with Gasteiger partial charge >= 0.3 is 0 Å². The van der Waals surface area contributed by atoms with Crippen molar-refractivity contribution >= 4 is 38.9 Å². The van der Waals surface area contributed by atoms with Crippen LogP contribution in [-0.2, 0) is 12.3 Å². The van der Waals surface area contributed by atoms with E-state index in [2.05, 4.69) is 28.4 Å². The first-order chi connectivity index (χ1) is 9.69. The maximum Gasteiger partial charge on any atom is 0.151 e. The van der Waals surface area contributed by atoms with Gasteiger partial charge in [0.15, 0.2) is 5.82 Å². The minimum Gasteiger partial charge on any atom is -0.327 e. The molecule has 2 aromatic rings. The van der Waals surface area contributed by atoms with Crippen molar-refractivity contribution < 1.29 is 4.39 Å². The van der Waals surface area contributed by atoms with Gasteiger partial charge in [0, 0.05) is 12.3 Å². The number of imidazole rings is 1. The molecule has 1 aliphatic heterocycles. The summed E-state index contributed by atoms with van der Waals surface area (Å²) in [6, 6.07) is 5.53. The normalized spacial score (nSPS) is 18.8. The average Bonchev–Trinajstić information content (AvgIpc) is 3.00. The van der Waals surface area contributed by atoms with Crippen LogP contribution < -0.4 is 0 Å². The van der Waals surface area contributed by atoms with Crippen LogP contribution in [0, 0.1) is 5.82 Å². The summed E-state index contributed by atoms with van der Waals surface area (Å²) in [7, 11) is 0. The third-order valence-electron chi connectivity index (χ3n) is 3.22. The molecule has 0 radical (unpaired) electrons. The summed E-state index contributed by atoms with van der Waals surface area (Å²) in [6.45, 7) is 4.98. The Morgan fingerprint density at radius 2 is 2.35 bits per heavy atom. The van der Waals surface area contributed by atoms with Crippen molar-refractivity contribution in [2.75, 3.05) is 5.75 Å². The Labute approximate surface area is 126 Å². The number of rotatable bonds is 3. The molecule has 0 spiro atoms. The molecule has 3 rings (SSSR count). The molecule has 1 aromatic heterocycles. The Balaban J connectivity index is 1.87. The fourth-order valence-corrected chi connectivity index (χ4v) is 4.43. The van der Waals surface area contributed by atoms with Crippen LogP contribution >= 0.6 is 23.5 Å². The molecule has 0 amide bonds. The summed E-state index contributed by atoms with van der Waals surface area (Å²) in [5, 5.41) is 0. The molecule has 106 valence electrons. The van der Waals surface area contributed by atoms with Gasteiger partial charge in [-0.05, 0) is 26.0 Å². The maximum atomic E-state index is 13.8. The Morgan fingerprint density at radius 1 is 1.50 bits per heavy atom. The molecule has 3 nitrogen and oxygen atoms in total. The van der Waals surface area contributed by atoms with Crippen LogP contribution in [0.3, 0.4) is 0 Å². The smallest absolute Gasteiger partial charge is 0.151 e. The first-order valence-electron chi connectivity index (χ1n) is 6.66. The number of halogens is 1. The molecule has 1 atom stereocenters. The van der Waals surface area contributed by atoms with Crippen LogP contribution in [0.1, 0.15) is 19.7 Å². The predicted molar refractivity (Wildman–Crippen MR) is 86.0 cm³/mol. The second-order valence-corrected chi connectivity index (χ2v) is 6.95. The number of aliphatic imine (C=N–C) groups is 1. The third-order valence-corrected chi connectivity index (χ3v) is 5.69. The van der Waals surface area contributed by atoms with E-state index in [1.54, 1.807) is 29.6 Å². The first kappa shape index (κ1) is 13.9. The van der Waals surface area contributed by atoms with Crippen molar-refractivity contribution in [3.63, 3.8) is 0 Å². The molecule has 2 heterocycles. The molecule has 0 N–H and O–H groups in total. The SMILES string of the molecule is CCn1c(CSC2=N[C@H](C)CS2)nc2c(F)cccc21. The van der Waals surface area contributed by atoms with Gasteiger partial charge < -0.3 is 4.57 Å². The number of aryl methyl sites for hydroxylation is 1. The summed E-state index contributed by atoms with van der Waals surface area (Å²) in [4.78, 5) is 9.03. The summed E-state index contributed by atoms with van der Waals surface area (Å²) in [5.41, 5.74) is 1.34. The number of hydrogen-bond donors (Lipinski definition) is 0. The van der Waals surface area contributed by atoms with Crippen molar-refractivity contribution in [2.24, 2.45) is 4.99 Å². The highest BCUT2D eigenvalue weighted by Gasteiger charge is 2.17. The van der Waals surface area contributed by atoms with Gasteiger partial charge in [0.1, 0.15) is 15.7 Å². The van der Waals surface area contributed by atoms with Gasteiger partial charge in [-0.3, -0.25) is 4.99 Å². The van der Waals surface area contributed by atoms with Gasteiger partial charge in [-0.15, -0.1) is 0 Å². The Kier molecular flexibility index (Phi) is 4.03. The molecule has 1 aromatic carbocycles. The quantitative estimate of drug-likeness (QED) is 0.861. The minimum absolute atomic E-state index is 0.248. The van der Waals surface area contributed by atoms with E-state index in [9.17, 15) is 4.39 Å². The van der Waals surface area contributed by atoms with E-state index >= 15 is 0 Å². The molecule has 1 aliphatic rings. The molecule has 0 unspecified atom stereocenters. The Morgan fingerprint density at radius 3 is 3.05 bits per heavy atom. The standard InChI is InChI=1S/C14H16FN3S2/c1-3-18-11-6-4-5-10(15)13(11)17-12(18)8-20-14-16-9(2)7-19-14/h4-6,9H,3,7-8H2,1-2H3/t9-/m1/s1. The fourth-order valence-electron chi connectivity index (χ4n) is 2.28. The molecule has 20 heavy (non-hydrogen) atoms. The van der Waals surface area contributed by atoms with Gasteiger partial charge in [0.2, 0.25) is 0 Å². The number of nitrogens with zero attached hydrogens (tertiary/aromatic N) is 3. The molecule has 6 heteroatoms. The van der Waals surface area contributed by atoms with Gasteiger partial charge in [-0.25, -0.2) is 9.37 Å². The van der Waals surface area contributed by atoms with Gasteiger partial charge in [0.05, 0.1) is 17.3 Å². The van der Waals surface area contributed by atoms with E-state index in [1.165, 1.54) is 6.07 Å². The first-order valence-corrected chi connectivity index (χ1v) is 8.63. The predicted octanol–water partition coefficient (Wildman–Crippen LogP) is 3.92. The van der Waals surface area contributed by atoms with Crippen molar-refractivity contribution in [3.05, 3.63) is 29.8 Å². The van der Waals surface area contributed by atoms with Crippen LogP contribution in [0.5, 0.6) is 0 Å². The van der Waals surface area contributed by atoms with Crippen molar-refractivity contribution in [2.45, 2.75) is 32.2 Å². The lowest BCUT2D eigenvalue weighted by molar-refractivity contribution is 0.637. The zero-order chi connectivity index (χ0) is 14.1. The second-order valence-electron chi connectivity index (χ2n) is 4.72. The lowest BCUT2D eigenvalue weighted by Crippen LogP contribution is -2.00. The van der Waals surface area contributed by atoms with E-state index in [0.717, 1.165) is 33.8 Å². The fraction of sp³-hybridized carbons (Fsp3) is 0.429. The number of fused-ring (bicyclic) bond motifs is 1. The van der Waals surface area contributed by atoms with E-state index in [4.69, 9.17) is 0 Å². The second kappa shape index (κ2) is 5.77. The third kappa shape index (κ3) is 2.59. The zero-order valence-corrected chi connectivity index (χ0v) is 13.1. The number of aromatic nitrogens is 2. The van der Waals surface area contributed by atoms with Crippen LogP contribution in [0.25, 0.3) is 11.0 Å². The molecule has 0 fully saturated rings. The molecule has 0 saturated carbocycles. The van der Waals surface area contributed by atoms with Gasteiger partial charge in [-0.1, -0.05) is 29.6 Å². The van der Waals surface area contributed by atoms with E-state index in [-0.39, 0.29) is 5.82 Å². The highest BCUT2D eigenvalue weighted by atomic mass is 32.2. The monoisotopic (exact) mass is 309 g/mol. The van der Waals surface area contributed by atoms with E-state index < -0.39 is 0 Å². The van der Waals surface area contributed by atoms with Crippen LogP contribution in [-0.4, -0.2) is 25.7 Å². The largest absolute Gasteiger partial charge is 0.327 e. The van der Waals surface area contributed by atoms with Crippen molar-refractivity contribution in [3.8, 4) is 0 Å². The van der Waals surface area contributed by atoms with Crippen molar-refractivity contribution in [1.29, 1.82) is 0 Å². The summed E-state index contributed by atoms with van der Waals surface area (Å²) in [5.74, 6) is 2.46. The maximum absolute atomic E-state index is 13.8. The number of thioether (sulfide) groups is 2. The number of benzene rings is 1. The zero-order valence-electron chi connectivity index (χ0n) is 11.5. The minimum atomic E-state index is -0.248. The Hall–Kier alpha value is -1.01. The highest BCUT2D eigenvalue weighted by molar-refractivity contribution is 8.38. The Bertz CT molecular complexity index is 666. The van der Waals surface area contributed by atoms with Crippen molar-refractivity contribution in [1.82, 2.24) is 9.55 Å². The number of para-hydroxylation sites is 1. The lowest BCUT2D eigenvalue weighted by atomic mass is 10.3. The highest BCUT2D eigenvalue weighted by Crippen LogP contribution is 2.29. The van der Waals surface area contributed by atoms with Gasteiger partial charge in [-0.2, -0.15) is 0 Å². The van der Waals surface area contributed by atoms with E-state index in [0.29, 0.717) is 11.6 Å². The average molecular weight is 309 g/mol. The van der Waals surface area contributed by atoms with Crippen LogP contribution in [0.4, 0.5) is 4.39 Å². The summed E-state index contributed by atoms with van der Waals surface area (Å²) < 4.78 is 17.0.